The Bertz CT molecular complexity index is 955. The molecular weight excluding hydrogens is 360 g/mol. The highest BCUT2D eigenvalue weighted by molar-refractivity contribution is 6.22. The van der Waals surface area contributed by atoms with Crippen LogP contribution in [0.1, 0.15) is 61.8 Å². The maximum Gasteiger partial charge on any atom is 0.163 e. The smallest absolute Gasteiger partial charge is 0.163 e. The largest absolute Gasteiger partial charge is 0.380 e. The van der Waals surface area contributed by atoms with Gasteiger partial charge in [-0.15, -0.1) is 0 Å². The quantitative estimate of drug-likeness (QED) is 0.834. The van der Waals surface area contributed by atoms with Gasteiger partial charge in [-0.2, -0.15) is 0 Å². The van der Waals surface area contributed by atoms with Crippen LogP contribution in [0.25, 0.3) is 5.57 Å². The van der Waals surface area contributed by atoms with Crippen molar-refractivity contribution < 1.29 is 9.90 Å². The monoisotopic (exact) mass is 390 g/mol. The lowest BCUT2D eigenvalue weighted by Crippen LogP contribution is -2.63. The van der Waals surface area contributed by atoms with Gasteiger partial charge in [0.15, 0.2) is 5.78 Å². The number of aromatic nitrogens is 1. The summed E-state index contributed by atoms with van der Waals surface area (Å²) in [5, 5.41) is 12.2. The van der Waals surface area contributed by atoms with Gasteiger partial charge in [-0.25, -0.2) is 0 Å². The van der Waals surface area contributed by atoms with E-state index in [1.54, 1.807) is 12.4 Å². The Labute approximate surface area is 173 Å². The normalized spacial score (nSPS) is 21.0. The number of benzene rings is 1. The third-order valence-corrected chi connectivity index (χ3v) is 6.59. The van der Waals surface area contributed by atoms with Gasteiger partial charge in [0.2, 0.25) is 0 Å². The first-order valence-corrected chi connectivity index (χ1v) is 10.5. The average Bonchev–Trinajstić information content (AvgIpc) is 3.12. The van der Waals surface area contributed by atoms with Crippen LogP contribution in [-0.4, -0.2) is 40.9 Å². The first kappa shape index (κ1) is 20.0. The predicted molar refractivity (Wildman–Crippen MR) is 116 cm³/mol. The van der Waals surface area contributed by atoms with Gasteiger partial charge in [0, 0.05) is 54.0 Å². The van der Waals surface area contributed by atoms with E-state index < -0.39 is 5.60 Å². The van der Waals surface area contributed by atoms with Crippen molar-refractivity contribution in [1.82, 2.24) is 9.88 Å². The Morgan fingerprint density at radius 1 is 1.14 bits per heavy atom. The van der Waals surface area contributed by atoms with Crippen LogP contribution in [0, 0.1) is 5.41 Å². The number of ketones is 1. The molecule has 4 heteroatoms. The summed E-state index contributed by atoms with van der Waals surface area (Å²) in [6, 6.07) is 10.3. The molecule has 1 N–H and O–H groups in total. The zero-order valence-electron chi connectivity index (χ0n) is 17.8. The maximum atomic E-state index is 12.2. The lowest BCUT2D eigenvalue weighted by molar-refractivity contribution is -0.127. The highest BCUT2D eigenvalue weighted by atomic mass is 16.3. The molecule has 1 aromatic heterocycles. The van der Waals surface area contributed by atoms with Crippen LogP contribution in [0.3, 0.4) is 0 Å². The van der Waals surface area contributed by atoms with Crippen molar-refractivity contribution in [3.63, 3.8) is 0 Å². The lowest BCUT2D eigenvalue weighted by Gasteiger charge is -2.56. The van der Waals surface area contributed by atoms with Gasteiger partial charge in [0.1, 0.15) is 5.60 Å². The fourth-order valence-corrected chi connectivity index (χ4v) is 5.01. The molecule has 0 amide bonds. The molecule has 2 aliphatic rings. The lowest BCUT2D eigenvalue weighted by atomic mass is 9.62. The summed E-state index contributed by atoms with van der Waals surface area (Å²) in [5.74, 6) is 0.594. The molecule has 1 aliphatic carbocycles. The summed E-state index contributed by atoms with van der Waals surface area (Å²) in [5.41, 5.74) is 2.90. The summed E-state index contributed by atoms with van der Waals surface area (Å²) in [6.07, 6.45) is 6.81. The van der Waals surface area contributed by atoms with Crippen LogP contribution in [0.15, 0.2) is 48.8 Å². The first-order valence-electron chi connectivity index (χ1n) is 10.5. The minimum Gasteiger partial charge on any atom is -0.380 e. The molecule has 152 valence electrons. The number of hydrogen-bond acceptors (Lipinski definition) is 4. The average molecular weight is 391 g/mol. The number of hydrogen-bond donors (Lipinski definition) is 1. The van der Waals surface area contributed by atoms with Crippen LogP contribution < -0.4 is 0 Å². The molecule has 29 heavy (non-hydrogen) atoms. The summed E-state index contributed by atoms with van der Waals surface area (Å²) in [7, 11) is 2.07. The summed E-state index contributed by atoms with van der Waals surface area (Å²) >= 11 is 0. The maximum absolute atomic E-state index is 12.2. The molecule has 2 heterocycles. The molecule has 4 rings (SSSR count). The van der Waals surface area contributed by atoms with Gasteiger partial charge in [-0.1, -0.05) is 51.1 Å². The molecule has 1 unspecified atom stereocenters. The molecule has 0 radical (unpaired) electrons. The molecule has 4 nitrogen and oxygen atoms in total. The van der Waals surface area contributed by atoms with E-state index in [-0.39, 0.29) is 11.2 Å². The topological polar surface area (TPSA) is 53.4 Å². The van der Waals surface area contributed by atoms with Crippen LogP contribution >= 0.6 is 0 Å². The van der Waals surface area contributed by atoms with Gasteiger partial charge in [0.25, 0.3) is 0 Å². The van der Waals surface area contributed by atoms with Gasteiger partial charge >= 0.3 is 0 Å². The van der Waals surface area contributed by atoms with Crippen molar-refractivity contribution in [2.24, 2.45) is 5.41 Å². The molecule has 1 fully saturated rings. The van der Waals surface area contributed by atoms with Gasteiger partial charge in [-0.3, -0.25) is 9.78 Å². The molecule has 1 atom stereocenters. The Kier molecular flexibility index (Phi) is 4.96. The number of rotatable bonds is 5. The summed E-state index contributed by atoms with van der Waals surface area (Å²) < 4.78 is 0. The van der Waals surface area contributed by atoms with E-state index in [0.29, 0.717) is 12.3 Å². The molecular formula is C25H30N2O2. The van der Waals surface area contributed by atoms with E-state index in [4.69, 9.17) is 0 Å². The summed E-state index contributed by atoms with van der Waals surface area (Å²) in [6.45, 7) is 8.06. The van der Waals surface area contributed by atoms with Crippen LogP contribution in [0.4, 0.5) is 0 Å². The number of likely N-dealkylation sites (tertiary alicyclic amines) is 1. The molecule has 1 saturated heterocycles. The minimum absolute atomic E-state index is 0.156. The van der Waals surface area contributed by atoms with E-state index in [0.717, 1.165) is 41.8 Å². The van der Waals surface area contributed by atoms with Crippen molar-refractivity contribution in [3.05, 3.63) is 71.1 Å². The number of pyridine rings is 1. The fourth-order valence-electron chi connectivity index (χ4n) is 5.01. The Morgan fingerprint density at radius 3 is 2.38 bits per heavy atom. The second-order valence-electron chi connectivity index (χ2n) is 9.26. The Balaban J connectivity index is 1.83. The highest BCUT2D eigenvalue weighted by Gasteiger charge is 2.55. The van der Waals surface area contributed by atoms with Crippen molar-refractivity contribution in [3.8, 4) is 0 Å². The minimum atomic E-state index is -1.18. The van der Waals surface area contributed by atoms with E-state index in [9.17, 15) is 9.90 Å². The molecule has 1 aliphatic heterocycles. The second-order valence-corrected chi connectivity index (χ2v) is 9.26. The van der Waals surface area contributed by atoms with Gasteiger partial charge in [-0.05, 0) is 36.6 Å². The Hall–Kier alpha value is -2.30. The summed E-state index contributed by atoms with van der Waals surface area (Å²) in [4.78, 5) is 18.9. The van der Waals surface area contributed by atoms with Crippen LogP contribution in [0.2, 0.25) is 0 Å². The first-order chi connectivity index (χ1) is 13.7. The standard InChI is InChI=1S/C25H30N2O2/c1-17(2)18-8-10-20(11-9-18)25(29,24(3)15-27(4)16-24)21-12-19(13-26-14-21)22-6-5-7-23(22)28/h6,8-14,17,29H,5,7,15-16H2,1-4H3. The van der Waals surface area contributed by atoms with E-state index in [2.05, 4.69) is 49.8 Å². The number of carbonyl (C=O) groups is 1. The zero-order valence-corrected chi connectivity index (χ0v) is 17.8. The number of nitrogens with zero attached hydrogens (tertiary/aromatic N) is 2. The van der Waals surface area contributed by atoms with Crippen molar-refractivity contribution in [1.29, 1.82) is 0 Å². The van der Waals surface area contributed by atoms with Crippen molar-refractivity contribution in [2.75, 3.05) is 20.1 Å². The number of allylic oxidation sites excluding steroid dienone is 2. The number of aliphatic hydroxyl groups is 1. The number of Topliss-reactive ketones (excluding diaryl/α,β-unsaturated/α-hetero) is 1. The van der Waals surface area contributed by atoms with Crippen LogP contribution in [-0.2, 0) is 10.4 Å². The van der Waals surface area contributed by atoms with Gasteiger partial charge in [0.05, 0.1) is 0 Å². The van der Waals surface area contributed by atoms with E-state index >= 15 is 0 Å². The van der Waals surface area contributed by atoms with Crippen LogP contribution in [0.5, 0.6) is 0 Å². The number of carbonyl (C=O) groups excluding carboxylic acids is 1. The van der Waals surface area contributed by atoms with Gasteiger partial charge < -0.3 is 10.0 Å². The molecule has 2 aromatic rings. The van der Waals surface area contributed by atoms with Crippen molar-refractivity contribution in [2.45, 2.75) is 45.1 Å². The Morgan fingerprint density at radius 2 is 1.83 bits per heavy atom. The molecule has 0 spiro atoms. The zero-order chi connectivity index (χ0) is 20.8. The molecule has 0 bridgehead atoms. The molecule has 1 aromatic carbocycles. The second kappa shape index (κ2) is 7.19. The highest BCUT2D eigenvalue weighted by Crippen LogP contribution is 2.50. The fraction of sp³-hybridized carbons (Fsp3) is 0.440. The predicted octanol–water partition coefficient (Wildman–Crippen LogP) is 4.14. The van der Waals surface area contributed by atoms with E-state index in [1.165, 1.54) is 5.56 Å². The third-order valence-electron chi connectivity index (χ3n) is 6.59. The SMILES string of the molecule is CC(C)c1ccc(C(O)(c2cncc(C3=CCCC3=O)c2)C2(C)CN(C)C2)cc1. The third kappa shape index (κ3) is 3.24. The van der Waals surface area contributed by atoms with E-state index in [1.807, 2.05) is 24.3 Å². The van der Waals surface area contributed by atoms with Crippen molar-refractivity contribution >= 4 is 11.4 Å². The molecule has 0 saturated carbocycles.